The van der Waals surface area contributed by atoms with Crippen LogP contribution in [0.25, 0.3) is 0 Å². The van der Waals surface area contributed by atoms with Crippen LogP contribution < -0.4 is 128 Å². The first kappa shape index (κ1) is 24.9. The van der Waals surface area contributed by atoms with Crippen molar-refractivity contribution in [2.24, 2.45) is 11.8 Å². The van der Waals surface area contributed by atoms with Gasteiger partial charge < -0.3 is 24.5 Å². The molecule has 0 spiro atoms. The molecule has 0 N–H and O–H groups in total. The summed E-state index contributed by atoms with van der Waals surface area (Å²) in [7, 11) is 0. The van der Waals surface area contributed by atoms with Gasteiger partial charge in [0, 0.05) is 23.8 Å². The van der Waals surface area contributed by atoms with Crippen molar-refractivity contribution in [3.8, 4) is 0 Å². The number of rotatable bonds is 2. The van der Waals surface area contributed by atoms with Crippen molar-refractivity contribution in [1.82, 2.24) is 0 Å². The summed E-state index contributed by atoms with van der Waals surface area (Å²) < 4.78 is 5.18. The molecule has 2 saturated heterocycles. The summed E-state index contributed by atoms with van der Waals surface area (Å²) in [5.41, 5.74) is 0. The summed E-state index contributed by atoms with van der Waals surface area (Å²) >= 11 is 0. The van der Waals surface area contributed by atoms with Crippen molar-refractivity contribution in [3.63, 3.8) is 0 Å². The Hall–Kier alpha value is 2.90. The fourth-order valence-electron chi connectivity index (χ4n) is 2.28. The molecule has 4 atom stereocenters. The van der Waals surface area contributed by atoms with Crippen molar-refractivity contribution in [1.29, 1.82) is 0 Å². The smallest absolute Gasteiger partial charge is 0.550 e. The molecule has 2 fully saturated rings. The van der Waals surface area contributed by atoms with Crippen LogP contribution >= 0.6 is 0 Å². The average molecular weight is 276 g/mol. The zero-order chi connectivity index (χ0) is 9.59. The maximum absolute atomic E-state index is 10.6. The number of aliphatic carboxylic acids is 2. The molecule has 9 heteroatoms. The molecule has 4 unspecified atom stereocenters. The third-order valence-electron chi connectivity index (χ3n) is 2.82. The van der Waals surface area contributed by atoms with Crippen LogP contribution in [0.5, 0.6) is 0 Å². The van der Waals surface area contributed by atoms with Gasteiger partial charge in [0.2, 0.25) is 0 Å². The second kappa shape index (κ2) is 10.6. The molecule has 17 heavy (non-hydrogen) atoms. The van der Waals surface area contributed by atoms with Gasteiger partial charge in [0.1, 0.15) is 0 Å². The van der Waals surface area contributed by atoms with Gasteiger partial charge in [-0.1, -0.05) is 0 Å². The number of carboxylic acids is 2. The Morgan fingerprint density at radius 1 is 0.824 bits per heavy atom. The molecule has 2 aliphatic rings. The number of ether oxygens (including phenoxy) is 1. The van der Waals surface area contributed by atoms with E-state index in [4.69, 9.17) is 4.74 Å². The monoisotopic (exact) mass is 276 g/mol. The van der Waals surface area contributed by atoms with Gasteiger partial charge in [-0.3, -0.25) is 0 Å². The number of carboxylic acid groups (broad SMARTS) is 2. The van der Waals surface area contributed by atoms with E-state index in [9.17, 15) is 19.8 Å². The van der Waals surface area contributed by atoms with Crippen molar-refractivity contribution >= 4 is 11.9 Å². The first-order valence-electron chi connectivity index (χ1n) is 4.18. The number of fused-ring (bicyclic) bond motifs is 2. The molecule has 0 aromatic heterocycles. The zero-order valence-electron chi connectivity index (χ0n) is 10.8. The van der Waals surface area contributed by atoms with E-state index in [-0.39, 0.29) is 118 Å². The van der Waals surface area contributed by atoms with Gasteiger partial charge in [0.05, 0.1) is 12.2 Å². The number of carbonyl (C=O) groups is 2. The summed E-state index contributed by atoms with van der Waals surface area (Å²) in [6, 6.07) is 0. The minimum atomic E-state index is -1.35. The van der Waals surface area contributed by atoms with Crippen LogP contribution in [0.15, 0.2) is 0 Å². The summed E-state index contributed by atoms with van der Waals surface area (Å²) in [4.78, 5) is 21.2. The van der Waals surface area contributed by atoms with Crippen LogP contribution in [0.2, 0.25) is 0 Å². The first-order valence-corrected chi connectivity index (χ1v) is 4.18. The molecule has 0 aliphatic carbocycles. The molecule has 0 radical (unpaired) electrons. The molecule has 0 aromatic rings. The summed E-state index contributed by atoms with van der Waals surface area (Å²) in [5.74, 6) is -4.74. The van der Waals surface area contributed by atoms with Crippen molar-refractivity contribution in [2.75, 3.05) is 0 Å². The minimum absolute atomic E-state index is 0. The fraction of sp³-hybridized carbons (Fsp3) is 0.750. The zero-order valence-corrected chi connectivity index (χ0v) is 18.8. The quantitative estimate of drug-likeness (QED) is 0.467. The Kier molecular flexibility index (Phi) is 15.5. The maximum Gasteiger partial charge on any atom is 1.00 e. The normalized spacial score (nSPS) is 32.2. The van der Waals surface area contributed by atoms with Gasteiger partial charge in [-0.25, -0.2) is 0 Å². The van der Waals surface area contributed by atoms with E-state index in [2.05, 4.69) is 0 Å². The molecule has 2 aliphatic heterocycles. The molecule has 0 aromatic carbocycles. The van der Waals surface area contributed by atoms with Crippen molar-refractivity contribution in [3.05, 3.63) is 0 Å². The Labute approximate surface area is 188 Å². The predicted molar refractivity (Wildman–Crippen MR) is 34.9 cm³/mol. The van der Waals surface area contributed by atoms with E-state index in [1.807, 2.05) is 0 Å². The Balaban J connectivity index is -0.000000490. The van der Waals surface area contributed by atoms with E-state index >= 15 is 0 Å². The molecule has 2 heterocycles. The Bertz CT molecular complexity index is 249. The summed E-state index contributed by atoms with van der Waals surface area (Å²) in [5, 5.41) is 21.2. The maximum atomic E-state index is 10.6. The third-order valence-corrected chi connectivity index (χ3v) is 2.82. The van der Waals surface area contributed by atoms with E-state index in [1.165, 1.54) is 0 Å². The summed E-state index contributed by atoms with van der Waals surface area (Å²) in [6.45, 7) is 0. The first-order chi connectivity index (χ1) is 6.11. The molecular formula is C8H8Na4O5+2. The van der Waals surface area contributed by atoms with E-state index in [0.717, 1.165) is 0 Å². The van der Waals surface area contributed by atoms with Gasteiger partial charge in [0.15, 0.2) is 0 Å². The second-order valence-corrected chi connectivity index (χ2v) is 3.48. The molecular weight excluding hydrogens is 268 g/mol. The SMILES string of the molecule is O=C([O-])C1C2CCC(O2)C1C(=O)[O-].[Na+].[Na+].[Na+].[Na+]. The third kappa shape index (κ3) is 5.30. The van der Waals surface area contributed by atoms with Crippen LogP contribution in [0, 0.1) is 11.8 Å². The van der Waals surface area contributed by atoms with Crippen LogP contribution in [0.1, 0.15) is 12.8 Å². The second-order valence-electron chi connectivity index (χ2n) is 3.48. The average Bonchev–Trinajstić information content (AvgIpc) is 2.60. The molecule has 0 amide bonds. The number of hydrogen-bond acceptors (Lipinski definition) is 5. The van der Waals surface area contributed by atoms with Gasteiger partial charge in [0.25, 0.3) is 0 Å². The molecule has 72 valence electrons. The topological polar surface area (TPSA) is 89.5 Å². The molecule has 5 nitrogen and oxygen atoms in total. The largest absolute Gasteiger partial charge is 1.00 e. The van der Waals surface area contributed by atoms with Crippen LogP contribution in [0.3, 0.4) is 0 Å². The number of carbonyl (C=O) groups excluding carboxylic acids is 2. The van der Waals surface area contributed by atoms with E-state index in [1.54, 1.807) is 0 Å². The van der Waals surface area contributed by atoms with Crippen LogP contribution in [-0.4, -0.2) is 24.1 Å². The van der Waals surface area contributed by atoms with Crippen molar-refractivity contribution < 1.29 is 143 Å². The standard InChI is InChI=1S/C8H10O5.4Na/c9-7(10)5-3-1-2-4(13-3)6(5)8(11)12;;;;/h3-6H,1-2H2,(H,9,10)(H,11,12);;;;/q;4*+1/p-2. The number of hydrogen-bond donors (Lipinski definition) is 0. The van der Waals surface area contributed by atoms with Gasteiger partial charge in [-0.15, -0.1) is 0 Å². The minimum Gasteiger partial charge on any atom is -0.550 e. The Morgan fingerprint density at radius 2 is 1.12 bits per heavy atom. The molecule has 2 rings (SSSR count). The fourth-order valence-corrected chi connectivity index (χ4v) is 2.28. The van der Waals surface area contributed by atoms with Crippen LogP contribution in [0.4, 0.5) is 0 Å². The van der Waals surface area contributed by atoms with E-state index < -0.39 is 36.0 Å². The van der Waals surface area contributed by atoms with Gasteiger partial charge in [-0.2, -0.15) is 0 Å². The summed E-state index contributed by atoms with van der Waals surface area (Å²) in [6.07, 6.45) is 0.232. The van der Waals surface area contributed by atoms with E-state index in [0.29, 0.717) is 12.8 Å². The molecule has 2 bridgehead atoms. The van der Waals surface area contributed by atoms with Gasteiger partial charge >= 0.3 is 118 Å². The molecule has 0 saturated carbocycles. The predicted octanol–water partition coefficient (Wildman–Crippen LogP) is -14.7. The van der Waals surface area contributed by atoms with Crippen molar-refractivity contribution in [2.45, 2.75) is 25.0 Å². The van der Waals surface area contributed by atoms with Gasteiger partial charge in [-0.05, 0) is 12.8 Å². The van der Waals surface area contributed by atoms with Crippen LogP contribution in [-0.2, 0) is 14.3 Å². The Morgan fingerprint density at radius 3 is 1.35 bits per heavy atom.